The molecule has 2 atom stereocenters. The number of carbonyl (C=O) groups is 2. The Balaban J connectivity index is 2.06. The first kappa shape index (κ1) is 18.7. The number of carbonyl (C=O) groups excluding carboxylic acids is 2. The number of nitrogens with zero attached hydrogens (tertiary/aromatic N) is 1. The fourth-order valence-corrected chi connectivity index (χ4v) is 3.03. The Hall–Kier alpha value is -1.59. The summed E-state index contributed by atoms with van der Waals surface area (Å²) >= 11 is 6.27. The van der Waals surface area contributed by atoms with Gasteiger partial charge in [0, 0.05) is 18.8 Å². The molecule has 0 saturated carbocycles. The second-order valence-corrected chi connectivity index (χ2v) is 6.86. The lowest BCUT2D eigenvalue weighted by molar-refractivity contribution is -0.118. The summed E-state index contributed by atoms with van der Waals surface area (Å²) in [4.78, 5) is 26.5. The first-order chi connectivity index (χ1) is 11.4. The van der Waals surface area contributed by atoms with Crippen molar-refractivity contribution >= 4 is 29.1 Å². The fraction of sp³-hybridized carbons (Fsp3) is 0.556. The van der Waals surface area contributed by atoms with Gasteiger partial charge in [0.25, 0.3) is 5.91 Å². The van der Waals surface area contributed by atoms with Crippen LogP contribution >= 0.6 is 11.6 Å². The van der Waals surface area contributed by atoms with E-state index in [0.29, 0.717) is 16.3 Å². The molecule has 1 aromatic rings. The number of amides is 2. The lowest BCUT2D eigenvalue weighted by atomic mass is 9.99. The minimum atomic E-state index is -0.566. The quantitative estimate of drug-likeness (QED) is 0.854. The molecule has 1 aromatic carbocycles. The third-order valence-electron chi connectivity index (χ3n) is 4.67. The molecular formula is C18H26ClN3O2. The van der Waals surface area contributed by atoms with Crippen molar-refractivity contribution in [1.29, 1.82) is 0 Å². The van der Waals surface area contributed by atoms with E-state index in [1.165, 1.54) is 6.42 Å². The van der Waals surface area contributed by atoms with E-state index in [9.17, 15) is 9.59 Å². The maximum absolute atomic E-state index is 12.5. The Labute approximate surface area is 148 Å². The zero-order chi connectivity index (χ0) is 17.7. The highest BCUT2D eigenvalue weighted by Crippen LogP contribution is 2.24. The van der Waals surface area contributed by atoms with Crippen molar-refractivity contribution in [3.8, 4) is 0 Å². The van der Waals surface area contributed by atoms with Crippen LogP contribution in [0, 0.1) is 5.92 Å². The molecule has 24 heavy (non-hydrogen) atoms. The highest BCUT2D eigenvalue weighted by Gasteiger charge is 2.22. The summed E-state index contributed by atoms with van der Waals surface area (Å²) in [6.45, 7) is 5.49. The molecule has 0 aromatic heterocycles. The van der Waals surface area contributed by atoms with Gasteiger partial charge in [-0.05, 0) is 43.4 Å². The largest absolute Gasteiger partial charge is 0.339 e. The van der Waals surface area contributed by atoms with Crippen LogP contribution in [-0.2, 0) is 4.79 Å². The Morgan fingerprint density at radius 1 is 1.29 bits per heavy atom. The third-order valence-corrected chi connectivity index (χ3v) is 4.98. The Kier molecular flexibility index (Phi) is 6.63. The van der Waals surface area contributed by atoms with Crippen molar-refractivity contribution < 1.29 is 9.59 Å². The number of likely N-dealkylation sites (tertiary alicyclic amines) is 1. The molecule has 6 heteroatoms. The summed E-state index contributed by atoms with van der Waals surface area (Å²) < 4.78 is 0. The van der Waals surface area contributed by atoms with Gasteiger partial charge in [-0.1, -0.05) is 31.9 Å². The predicted molar refractivity (Wildman–Crippen MR) is 97.3 cm³/mol. The first-order valence-corrected chi connectivity index (χ1v) is 8.97. The van der Waals surface area contributed by atoms with Crippen molar-refractivity contribution in [3.63, 3.8) is 0 Å². The first-order valence-electron chi connectivity index (χ1n) is 8.59. The van der Waals surface area contributed by atoms with Crippen LogP contribution in [0.5, 0.6) is 0 Å². The topological polar surface area (TPSA) is 75.4 Å². The van der Waals surface area contributed by atoms with Crippen molar-refractivity contribution in [2.24, 2.45) is 11.7 Å². The van der Waals surface area contributed by atoms with Gasteiger partial charge < -0.3 is 16.0 Å². The molecule has 0 spiro atoms. The van der Waals surface area contributed by atoms with Crippen LogP contribution in [-0.4, -0.2) is 35.8 Å². The average Bonchev–Trinajstić information content (AvgIpc) is 2.60. The van der Waals surface area contributed by atoms with Crippen LogP contribution in [0.1, 0.15) is 49.9 Å². The normalized spacial score (nSPS) is 17.2. The molecule has 1 heterocycles. The van der Waals surface area contributed by atoms with E-state index in [-0.39, 0.29) is 17.7 Å². The minimum Gasteiger partial charge on any atom is -0.339 e. The van der Waals surface area contributed by atoms with Crippen LogP contribution in [0.2, 0.25) is 5.02 Å². The van der Waals surface area contributed by atoms with E-state index < -0.39 is 6.04 Å². The highest BCUT2D eigenvalue weighted by molar-refractivity contribution is 6.34. The number of nitrogens with two attached hydrogens (primary N) is 1. The van der Waals surface area contributed by atoms with Gasteiger partial charge in [-0.2, -0.15) is 0 Å². The van der Waals surface area contributed by atoms with Gasteiger partial charge >= 0.3 is 0 Å². The second-order valence-electron chi connectivity index (χ2n) is 6.45. The molecular weight excluding hydrogens is 326 g/mol. The monoisotopic (exact) mass is 351 g/mol. The molecule has 1 aliphatic rings. The van der Waals surface area contributed by atoms with Crippen LogP contribution in [0.3, 0.4) is 0 Å². The van der Waals surface area contributed by atoms with Gasteiger partial charge in [0.05, 0.1) is 16.6 Å². The van der Waals surface area contributed by atoms with Crippen LogP contribution < -0.4 is 11.1 Å². The summed E-state index contributed by atoms with van der Waals surface area (Å²) in [6.07, 6.45) is 4.06. The number of benzene rings is 1. The summed E-state index contributed by atoms with van der Waals surface area (Å²) in [7, 11) is 0. The molecule has 2 amide bonds. The zero-order valence-corrected chi connectivity index (χ0v) is 15.1. The van der Waals surface area contributed by atoms with Crippen LogP contribution in [0.25, 0.3) is 0 Å². The van der Waals surface area contributed by atoms with E-state index in [2.05, 4.69) is 5.32 Å². The molecule has 0 bridgehead atoms. The van der Waals surface area contributed by atoms with Crippen molar-refractivity contribution in [1.82, 2.24) is 4.90 Å². The number of rotatable bonds is 5. The summed E-state index contributed by atoms with van der Waals surface area (Å²) in [6, 6.07) is 4.41. The van der Waals surface area contributed by atoms with E-state index in [0.717, 1.165) is 32.4 Å². The molecule has 1 aliphatic heterocycles. The van der Waals surface area contributed by atoms with Crippen LogP contribution in [0.4, 0.5) is 5.69 Å². The molecule has 3 N–H and O–H groups in total. The number of piperidine rings is 1. The molecule has 5 nitrogen and oxygen atoms in total. The average molecular weight is 352 g/mol. The molecule has 1 fully saturated rings. The SMILES string of the molecule is CCC(C)C(N)C(=O)Nc1ccc(C(=O)N2CCCCC2)c(Cl)c1. The number of hydrogen-bond donors (Lipinski definition) is 2. The van der Waals surface area contributed by atoms with E-state index in [4.69, 9.17) is 17.3 Å². The third kappa shape index (κ3) is 4.48. The van der Waals surface area contributed by atoms with Gasteiger partial charge in [0.15, 0.2) is 0 Å². The maximum atomic E-state index is 12.5. The molecule has 2 rings (SSSR count). The smallest absolute Gasteiger partial charge is 0.255 e. The Morgan fingerprint density at radius 3 is 2.54 bits per heavy atom. The number of nitrogens with one attached hydrogen (secondary N) is 1. The van der Waals surface area contributed by atoms with Gasteiger partial charge in [-0.25, -0.2) is 0 Å². The second kappa shape index (κ2) is 8.49. The zero-order valence-electron chi connectivity index (χ0n) is 14.3. The molecule has 132 valence electrons. The number of halogens is 1. The van der Waals surface area contributed by atoms with Gasteiger partial charge in [-0.15, -0.1) is 0 Å². The van der Waals surface area contributed by atoms with Gasteiger partial charge in [0.1, 0.15) is 0 Å². The Morgan fingerprint density at radius 2 is 1.96 bits per heavy atom. The van der Waals surface area contributed by atoms with E-state index >= 15 is 0 Å². The Bertz CT molecular complexity index is 600. The minimum absolute atomic E-state index is 0.0473. The summed E-state index contributed by atoms with van der Waals surface area (Å²) in [5.74, 6) is -0.190. The highest BCUT2D eigenvalue weighted by atomic mass is 35.5. The lowest BCUT2D eigenvalue weighted by Gasteiger charge is -2.27. The number of anilines is 1. The van der Waals surface area contributed by atoms with Crippen molar-refractivity contribution in [2.45, 2.75) is 45.6 Å². The van der Waals surface area contributed by atoms with Crippen LogP contribution in [0.15, 0.2) is 18.2 Å². The summed E-state index contributed by atoms with van der Waals surface area (Å²) in [5, 5.41) is 3.12. The van der Waals surface area contributed by atoms with Crippen molar-refractivity contribution in [3.05, 3.63) is 28.8 Å². The van der Waals surface area contributed by atoms with E-state index in [1.807, 2.05) is 18.7 Å². The molecule has 1 saturated heterocycles. The predicted octanol–water partition coefficient (Wildman–Crippen LogP) is 3.28. The fourth-order valence-electron chi connectivity index (χ4n) is 2.77. The standard InChI is InChI=1S/C18H26ClN3O2/c1-3-12(2)16(20)17(23)21-13-7-8-14(15(19)11-13)18(24)22-9-5-4-6-10-22/h7-8,11-12,16H,3-6,9-10,20H2,1-2H3,(H,21,23). The molecule has 2 unspecified atom stereocenters. The number of hydrogen-bond acceptors (Lipinski definition) is 3. The lowest BCUT2D eigenvalue weighted by Crippen LogP contribution is -2.40. The van der Waals surface area contributed by atoms with Gasteiger partial charge in [-0.3, -0.25) is 9.59 Å². The van der Waals surface area contributed by atoms with Crippen molar-refractivity contribution in [2.75, 3.05) is 18.4 Å². The molecule has 0 radical (unpaired) electrons. The molecule has 0 aliphatic carbocycles. The van der Waals surface area contributed by atoms with E-state index in [1.54, 1.807) is 18.2 Å². The maximum Gasteiger partial charge on any atom is 0.255 e. The summed E-state index contributed by atoms with van der Waals surface area (Å²) in [5.41, 5.74) is 6.96. The van der Waals surface area contributed by atoms with Gasteiger partial charge in [0.2, 0.25) is 5.91 Å².